The van der Waals surface area contributed by atoms with Crippen molar-refractivity contribution in [1.82, 2.24) is 9.47 Å². The fourth-order valence-corrected chi connectivity index (χ4v) is 2.74. The fraction of sp³-hybridized carbons (Fsp3) is 0.333. The summed E-state index contributed by atoms with van der Waals surface area (Å²) < 4.78 is 43.5. The number of hydrogen-bond acceptors (Lipinski definition) is 5. The van der Waals surface area contributed by atoms with Crippen LogP contribution in [0.5, 0.6) is 0 Å². The Kier molecular flexibility index (Phi) is 8.16. The van der Waals surface area contributed by atoms with Gasteiger partial charge in [-0.1, -0.05) is 0 Å². The standard InChI is InChI=1S/C21H22F3N3O5/c1-3-26(4-2)20(31)14-5-8-16(9-6-14)25-17(28)13-32-19(30)12-27-11-15(21(22,23)24)7-10-18(27)29/h5-11H,3-4,12-13H2,1-2H3,(H,25,28). The summed E-state index contributed by atoms with van der Waals surface area (Å²) in [5, 5.41) is 2.47. The summed E-state index contributed by atoms with van der Waals surface area (Å²) in [5.41, 5.74) is -1.11. The minimum absolute atomic E-state index is 0.147. The lowest BCUT2D eigenvalue weighted by atomic mass is 10.2. The molecule has 0 saturated heterocycles. The maximum absolute atomic E-state index is 12.7. The van der Waals surface area contributed by atoms with Gasteiger partial charge in [0.2, 0.25) is 0 Å². The number of carbonyl (C=O) groups is 3. The molecule has 32 heavy (non-hydrogen) atoms. The molecule has 0 atom stereocenters. The van der Waals surface area contributed by atoms with Crippen LogP contribution in [0.4, 0.5) is 18.9 Å². The molecule has 172 valence electrons. The van der Waals surface area contributed by atoms with Gasteiger partial charge >= 0.3 is 12.1 Å². The number of anilines is 1. The number of alkyl halides is 3. The molecular weight excluding hydrogens is 431 g/mol. The van der Waals surface area contributed by atoms with E-state index in [2.05, 4.69) is 5.32 Å². The molecule has 2 rings (SSSR count). The molecule has 0 radical (unpaired) electrons. The Morgan fingerprint density at radius 1 is 1.03 bits per heavy atom. The molecule has 0 fully saturated rings. The number of esters is 1. The number of amides is 2. The van der Waals surface area contributed by atoms with Crippen LogP contribution in [0.15, 0.2) is 47.4 Å². The third-order valence-electron chi connectivity index (χ3n) is 4.44. The van der Waals surface area contributed by atoms with E-state index in [0.717, 1.165) is 0 Å². The van der Waals surface area contributed by atoms with Gasteiger partial charge in [0.25, 0.3) is 17.4 Å². The van der Waals surface area contributed by atoms with Gasteiger partial charge in [0, 0.05) is 36.6 Å². The van der Waals surface area contributed by atoms with Crippen molar-refractivity contribution in [3.05, 3.63) is 64.1 Å². The van der Waals surface area contributed by atoms with Crippen LogP contribution in [0.25, 0.3) is 0 Å². The molecule has 1 aromatic carbocycles. The van der Waals surface area contributed by atoms with E-state index < -0.39 is 42.3 Å². The van der Waals surface area contributed by atoms with E-state index in [1.807, 2.05) is 13.8 Å². The van der Waals surface area contributed by atoms with Gasteiger partial charge < -0.3 is 19.5 Å². The Hall–Kier alpha value is -3.63. The Balaban J connectivity index is 1.90. The second-order valence-corrected chi connectivity index (χ2v) is 6.65. The van der Waals surface area contributed by atoms with E-state index in [1.54, 1.807) is 17.0 Å². The van der Waals surface area contributed by atoms with E-state index >= 15 is 0 Å². The summed E-state index contributed by atoms with van der Waals surface area (Å²) in [4.78, 5) is 49.4. The number of halogens is 3. The maximum atomic E-state index is 12.7. The smallest absolute Gasteiger partial charge is 0.417 e. The van der Waals surface area contributed by atoms with Crippen molar-refractivity contribution in [2.45, 2.75) is 26.6 Å². The highest BCUT2D eigenvalue weighted by Crippen LogP contribution is 2.28. The van der Waals surface area contributed by atoms with Crippen LogP contribution in [0, 0.1) is 0 Å². The van der Waals surface area contributed by atoms with Crippen LogP contribution in [-0.4, -0.2) is 46.9 Å². The van der Waals surface area contributed by atoms with E-state index in [-0.39, 0.29) is 5.91 Å². The molecule has 0 unspecified atom stereocenters. The quantitative estimate of drug-likeness (QED) is 0.620. The molecule has 1 heterocycles. The van der Waals surface area contributed by atoms with Crippen LogP contribution in [0.1, 0.15) is 29.8 Å². The van der Waals surface area contributed by atoms with E-state index in [0.29, 0.717) is 47.2 Å². The number of aromatic nitrogens is 1. The first kappa shape index (κ1) is 24.6. The third-order valence-corrected chi connectivity index (χ3v) is 4.44. The molecule has 11 heteroatoms. The number of hydrogen-bond donors (Lipinski definition) is 1. The first-order chi connectivity index (χ1) is 15.0. The van der Waals surface area contributed by atoms with Gasteiger partial charge in [-0.2, -0.15) is 13.2 Å². The zero-order valence-electron chi connectivity index (χ0n) is 17.4. The fourth-order valence-electron chi connectivity index (χ4n) is 2.74. The van der Waals surface area contributed by atoms with Gasteiger partial charge in [-0.05, 0) is 44.2 Å². The molecule has 0 aliphatic heterocycles. The second kappa shape index (κ2) is 10.6. The van der Waals surface area contributed by atoms with E-state index in [9.17, 15) is 32.3 Å². The first-order valence-corrected chi connectivity index (χ1v) is 9.67. The van der Waals surface area contributed by atoms with Crippen molar-refractivity contribution >= 4 is 23.5 Å². The summed E-state index contributed by atoms with van der Waals surface area (Å²) in [6.07, 6.45) is -4.17. The number of carbonyl (C=O) groups excluding carboxylic acids is 3. The van der Waals surface area contributed by atoms with Gasteiger partial charge in [-0.25, -0.2) is 0 Å². The normalized spacial score (nSPS) is 11.0. The lowest BCUT2D eigenvalue weighted by molar-refractivity contribution is -0.148. The molecule has 1 aromatic heterocycles. The van der Waals surface area contributed by atoms with Crippen molar-refractivity contribution < 1.29 is 32.3 Å². The number of nitrogens with zero attached hydrogens (tertiary/aromatic N) is 2. The Morgan fingerprint density at radius 3 is 2.22 bits per heavy atom. The monoisotopic (exact) mass is 453 g/mol. The van der Waals surface area contributed by atoms with Crippen LogP contribution < -0.4 is 10.9 Å². The van der Waals surface area contributed by atoms with Gasteiger partial charge in [-0.15, -0.1) is 0 Å². The Morgan fingerprint density at radius 2 is 1.66 bits per heavy atom. The van der Waals surface area contributed by atoms with Crippen molar-refractivity contribution in [2.75, 3.05) is 25.0 Å². The van der Waals surface area contributed by atoms with E-state index in [1.165, 1.54) is 12.1 Å². The molecule has 0 spiro atoms. The van der Waals surface area contributed by atoms with Gasteiger partial charge in [0.05, 0.1) is 5.56 Å². The minimum Gasteiger partial charge on any atom is -0.454 e. The zero-order valence-corrected chi connectivity index (χ0v) is 17.4. The van der Waals surface area contributed by atoms with Crippen molar-refractivity contribution in [2.24, 2.45) is 0 Å². The summed E-state index contributed by atoms with van der Waals surface area (Å²) >= 11 is 0. The van der Waals surface area contributed by atoms with Crippen molar-refractivity contribution in [3.63, 3.8) is 0 Å². The van der Waals surface area contributed by atoms with E-state index in [4.69, 9.17) is 4.74 Å². The molecule has 1 N–H and O–H groups in total. The SMILES string of the molecule is CCN(CC)C(=O)c1ccc(NC(=O)COC(=O)Cn2cc(C(F)(F)F)ccc2=O)cc1. The average molecular weight is 453 g/mol. The van der Waals surface area contributed by atoms with Crippen LogP contribution >= 0.6 is 0 Å². The molecule has 0 aliphatic rings. The summed E-state index contributed by atoms with van der Waals surface area (Å²) in [6.45, 7) is 3.36. The largest absolute Gasteiger partial charge is 0.454 e. The lowest BCUT2D eigenvalue weighted by Gasteiger charge is -2.18. The highest BCUT2D eigenvalue weighted by atomic mass is 19.4. The van der Waals surface area contributed by atoms with Crippen molar-refractivity contribution in [1.29, 1.82) is 0 Å². The zero-order chi connectivity index (χ0) is 23.9. The molecule has 0 bridgehead atoms. The van der Waals surface area contributed by atoms with Crippen LogP contribution in [-0.2, 0) is 27.0 Å². The number of pyridine rings is 1. The Bertz CT molecular complexity index is 1030. The predicted molar refractivity (Wildman–Crippen MR) is 109 cm³/mol. The Labute approximate surface area is 181 Å². The average Bonchev–Trinajstić information content (AvgIpc) is 2.74. The molecule has 0 saturated carbocycles. The predicted octanol–water partition coefficient (Wildman–Crippen LogP) is 2.53. The summed E-state index contributed by atoms with van der Waals surface area (Å²) in [6, 6.07) is 7.41. The number of rotatable bonds is 8. The van der Waals surface area contributed by atoms with Gasteiger partial charge in [-0.3, -0.25) is 19.2 Å². The first-order valence-electron chi connectivity index (χ1n) is 9.67. The van der Waals surface area contributed by atoms with Crippen LogP contribution in [0.2, 0.25) is 0 Å². The lowest BCUT2D eigenvalue weighted by Crippen LogP contribution is -2.30. The van der Waals surface area contributed by atoms with Gasteiger partial charge in [0.15, 0.2) is 6.61 Å². The summed E-state index contributed by atoms with van der Waals surface area (Å²) in [5.74, 6) is -1.90. The number of nitrogens with one attached hydrogen (secondary N) is 1. The third kappa shape index (κ3) is 6.69. The number of benzene rings is 1. The highest BCUT2D eigenvalue weighted by molar-refractivity contribution is 5.96. The topological polar surface area (TPSA) is 97.7 Å². The van der Waals surface area contributed by atoms with Gasteiger partial charge in [0.1, 0.15) is 6.54 Å². The van der Waals surface area contributed by atoms with Crippen LogP contribution in [0.3, 0.4) is 0 Å². The maximum Gasteiger partial charge on any atom is 0.417 e. The molecule has 0 aliphatic carbocycles. The minimum atomic E-state index is -4.68. The van der Waals surface area contributed by atoms with Crippen molar-refractivity contribution in [3.8, 4) is 0 Å². The summed E-state index contributed by atoms with van der Waals surface area (Å²) in [7, 11) is 0. The highest BCUT2D eigenvalue weighted by Gasteiger charge is 2.31. The molecule has 2 aromatic rings. The number of ether oxygens (including phenoxy) is 1. The molecule has 2 amide bonds. The molecular formula is C21H22F3N3O5. The molecule has 8 nitrogen and oxygen atoms in total. The second-order valence-electron chi connectivity index (χ2n) is 6.65.